The van der Waals surface area contributed by atoms with Crippen LogP contribution in [0.15, 0.2) is 53.5 Å². The number of hydrogen-bond donors (Lipinski definition) is 3. The summed E-state index contributed by atoms with van der Waals surface area (Å²) in [6.45, 7) is 5.24. The second-order valence-electron chi connectivity index (χ2n) is 7.36. The Bertz CT molecular complexity index is 1130. The molecule has 1 aromatic heterocycles. The number of aromatic amines is 1. The summed E-state index contributed by atoms with van der Waals surface area (Å²) in [6, 6.07) is 10.0. The van der Waals surface area contributed by atoms with Crippen molar-refractivity contribution >= 4 is 17.7 Å². The van der Waals surface area contributed by atoms with Crippen molar-refractivity contribution in [2.75, 3.05) is 5.32 Å². The molecule has 10 heteroatoms. The Morgan fingerprint density at radius 2 is 1.78 bits per heavy atom. The van der Waals surface area contributed by atoms with Crippen molar-refractivity contribution in [2.24, 2.45) is 4.99 Å². The number of nitrogens with zero attached hydrogens (tertiary/aromatic N) is 2. The summed E-state index contributed by atoms with van der Waals surface area (Å²) in [7, 11) is 0. The van der Waals surface area contributed by atoms with Gasteiger partial charge in [-0.2, -0.15) is 18.3 Å². The Balaban J connectivity index is 1.76. The monoisotopic (exact) mass is 447 g/mol. The van der Waals surface area contributed by atoms with Crippen LogP contribution < -0.4 is 10.6 Å². The van der Waals surface area contributed by atoms with Crippen LogP contribution >= 0.6 is 0 Å². The molecule has 6 nitrogen and oxygen atoms in total. The van der Waals surface area contributed by atoms with Crippen molar-refractivity contribution in [1.82, 2.24) is 15.5 Å². The molecule has 0 saturated carbocycles. The number of hydrogen-bond acceptors (Lipinski definition) is 3. The maximum atomic E-state index is 13.8. The van der Waals surface area contributed by atoms with E-state index in [0.717, 1.165) is 24.3 Å². The van der Waals surface area contributed by atoms with E-state index in [1.807, 2.05) is 0 Å². The van der Waals surface area contributed by atoms with Gasteiger partial charge in [0.2, 0.25) is 5.96 Å². The largest absolute Gasteiger partial charge is 0.416 e. The maximum Gasteiger partial charge on any atom is 0.416 e. The van der Waals surface area contributed by atoms with Gasteiger partial charge in [-0.25, -0.2) is 9.38 Å². The van der Waals surface area contributed by atoms with Crippen molar-refractivity contribution in [3.63, 3.8) is 0 Å². The zero-order chi connectivity index (χ0) is 23.5. The highest BCUT2D eigenvalue weighted by molar-refractivity contribution is 6.09. The molecule has 168 valence electrons. The van der Waals surface area contributed by atoms with E-state index in [2.05, 4.69) is 25.8 Å². The third kappa shape index (κ3) is 5.71. The number of benzene rings is 2. The summed E-state index contributed by atoms with van der Waals surface area (Å²) in [5.74, 6) is -0.606. The molecule has 1 amide bonds. The van der Waals surface area contributed by atoms with Crippen molar-refractivity contribution < 1.29 is 22.4 Å². The van der Waals surface area contributed by atoms with Crippen LogP contribution in [0.3, 0.4) is 0 Å². The molecule has 0 aliphatic heterocycles. The van der Waals surface area contributed by atoms with Gasteiger partial charge in [0, 0.05) is 23.2 Å². The van der Waals surface area contributed by atoms with Gasteiger partial charge < -0.3 is 5.32 Å². The lowest BCUT2D eigenvalue weighted by atomic mass is 10.1. The van der Waals surface area contributed by atoms with Crippen LogP contribution in [0.25, 0.3) is 11.3 Å². The fourth-order valence-electron chi connectivity index (χ4n) is 2.76. The van der Waals surface area contributed by atoms with Gasteiger partial charge in [-0.3, -0.25) is 15.2 Å². The number of H-pyrrole nitrogens is 1. The Hall–Kier alpha value is -3.69. The number of amides is 1. The SMILES string of the molecule is Cc1ccc(-c2cc(NC(=NC(C)C)NC(=O)c3ccc(C(F)(F)F)cc3)n[nH]2)cc1F. The number of aromatic nitrogens is 2. The lowest BCUT2D eigenvalue weighted by Crippen LogP contribution is -2.36. The summed E-state index contributed by atoms with van der Waals surface area (Å²) in [6.07, 6.45) is -4.49. The van der Waals surface area contributed by atoms with E-state index in [1.165, 1.54) is 6.07 Å². The predicted octanol–water partition coefficient (Wildman–Crippen LogP) is 5.15. The average molecular weight is 447 g/mol. The van der Waals surface area contributed by atoms with Crippen LogP contribution in [0.1, 0.15) is 35.3 Å². The summed E-state index contributed by atoms with van der Waals surface area (Å²) in [5.41, 5.74) is 0.840. The van der Waals surface area contributed by atoms with Crippen molar-refractivity contribution in [2.45, 2.75) is 33.0 Å². The highest BCUT2D eigenvalue weighted by atomic mass is 19.4. The molecular formula is C22H21F4N5O. The van der Waals surface area contributed by atoms with Gasteiger partial charge in [-0.05, 0) is 56.7 Å². The van der Waals surface area contributed by atoms with Gasteiger partial charge in [0.25, 0.3) is 5.91 Å². The first-order valence-electron chi connectivity index (χ1n) is 9.68. The molecular weight excluding hydrogens is 426 g/mol. The van der Waals surface area contributed by atoms with E-state index < -0.39 is 17.6 Å². The fraction of sp³-hybridized carbons (Fsp3) is 0.227. The number of halogens is 4. The van der Waals surface area contributed by atoms with Gasteiger partial charge in [-0.1, -0.05) is 12.1 Å². The summed E-state index contributed by atoms with van der Waals surface area (Å²) in [5, 5.41) is 12.3. The molecule has 0 radical (unpaired) electrons. The molecule has 0 unspecified atom stereocenters. The van der Waals surface area contributed by atoms with Gasteiger partial charge in [0.15, 0.2) is 5.82 Å². The molecule has 32 heavy (non-hydrogen) atoms. The fourth-order valence-corrected chi connectivity index (χ4v) is 2.76. The van der Waals surface area contributed by atoms with Crippen LogP contribution in [0.2, 0.25) is 0 Å². The number of anilines is 1. The minimum Gasteiger partial charge on any atom is -0.309 e. The number of aliphatic imine (C=N–C) groups is 1. The molecule has 0 bridgehead atoms. The number of alkyl halides is 3. The standard InChI is InChI=1S/C22H21F4N5O/c1-12(2)27-21(29-20(32)14-6-8-16(9-7-14)22(24,25)26)28-19-11-18(30-31-19)15-5-4-13(3)17(23)10-15/h4-12H,1-3H3,(H3,27,28,29,30,31,32). The second-order valence-corrected chi connectivity index (χ2v) is 7.36. The molecule has 3 aromatic rings. The molecule has 0 aliphatic carbocycles. The van der Waals surface area contributed by atoms with Crippen LogP contribution in [-0.2, 0) is 6.18 Å². The number of carbonyl (C=O) groups is 1. The summed E-state index contributed by atoms with van der Waals surface area (Å²) in [4.78, 5) is 16.8. The van der Waals surface area contributed by atoms with E-state index in [4.69, 9.17) is 0 Å². The van der Waals surface area contributed by atoms with Gasteiger partial charge in [0.1, 0.15) is 5.82 Å². The highest BCUT2D eigenvalue weighted by Crippen LogP contribution is 2.29. The summed E-state index contributed by atoms with van der Waals surface area (Å²) < 4.78 is 52.0. The van der Waals surface area contributed by atoms with E-state index in [-0.39, 0.29) is 23.4 Å². The first-order valence-corrected chi connectivity index (χ1v) is 9.68. The first kappa shape index (κ1) is 23.0. The van der Waals surface area contributed by atoms with Crippen LogP contribution in [0.4, 0.5) is 23.4 Å². The number of guanidine groups is 1. The smallest absolute Gasteiger partial charge is 0.309 e. The van der Waals surface area contributed by atoms with E-state index in [1.54, 1.807) is 39.0 Å². The molecule has 0 spiro atoms. The van der Waals surface area contributed by atoms with Gasteiger partial charge in [0.05, 0.1) is 11.3 Å². The van der Waals surface area contributed by atoms with Gasteiger partial charge in [-0.15, -0.1) is 0 Å². The number of rotatable bonds is 4. The van der Waals surface area contributed by atoms with Crippen LogP contribution in [0.5, 0.6) is 0 Å². The molecule has 3 rings (SSSR count). The molecule has 0 aliphatic rings. The Kier molecular flexibility index (Phi) is 6.61. The first-order chi connectivity index (χ1) is 15.0. The van der Waals surface area contributed by atoms with Crippen LogP contribution in [0, 0.1) is 12.7 Å². The lowest BCUT2D eigenvalue weighted by Gasteiger charge is -2.12. The Labute approximate surface area is 181 Å². The van der Waals surface area contributed by atoms with E-state index >= 15 is 0 Å². The molecule has 0 atom stereocenters. The lowest BCUT2D eigenvalue weighted by molar-refractivity contribution is -0.137. The van der Waals surface area contributed by atoms with Gasteiger partial charge >= 0.3 is 6.18 Å². The number of aryl methyl sites for hydroxylation is 1. The highest BCUT2D eigenvalue weighted by Gasteiger charge is 2.30. The normalized spacial score (nSPS) is 12.2. The molecule has 0 saturated heterocycles. The Morgan fingerprint density at radius 3 is 2.38 bits per heavy atom. The minimum atomic E-state index is -4.49. The topological polar surface area (TPSA) is 82.2 Å². The summed E-state index contributed by atoms with van der Waals surface area (Å²) >= 11 is 0. The number of carbonyl (C=O) groups excluding carboxylic acids is 1. The van der Waals surface area contributed by atoms with Crippen molar-refractivity contribution in [3.05, 3.63) is 71.0 Å². The minimum absolute atomic E-state index is 0.0362. The quantitative estimate of drug-likeness (QED) is 0.294. The third-order valence-corrected chi connectivity index (χ3v) is 4.40. The Morgan fingerprint density at radius 1 is 1.09 bits per heavy atom. The van der Waals surface area contributed by atoms with Crippen LogP contribution in [-0.4, -0.2) is 28.1 Å². The second kappa shape index (κ2) is 9.21. The zero-order valence-electron chi connectivity index (χ0n) is 17.5. The molecule has 2 aromatic carbocycles. The average Bonchev–Trinajstić information content (AvgIpc) is 3.17. The predicted molar refractivity (Wildman–Crippen MR) is 114 cm³/mol. The maximum absolute atomic E-state index is 13.8. The molecule has 1 heterocycles. The van der Waals surface area contributed by atoms with E-state index in [9.17, 15) is 22.4 Å². The number of nitrogens with one attached hydrogen (secondary N) is 3. The van der Waals surface area contributed by atoms with Crippen molar-refractivity contribution in [3.8, 4) is 11.3 Å². The van der Waals surface area contributed by atoms with E-state index in [0.29, 0.717) is 22.6 Å². The van der Waals surface area contributed by atoms with Crippen molar-refractivity contribution in [1.29, 1.82) is 0 Å². The molecule has 0 fully saturated rings. The third-order valence-electron chi connectivity index (χ3n) is 4.40. The zero-order valence-corrected chi connectivity index (χ0v) is 17.5. The molecule has 3 N–H and O–H groups in total.